The average molecular weight is 250 g/mol. The van der Waals surface area contributed by atoms with E-state index in [-0.39, 0.29) is 11.9 Å². The van der Waals surface area contributed by atoms with Gasteiger partial charge in [-0.05, 0) is 50.9 Å². The van der Waals surface area contributed by atoms with Crippen molar-refractivity contribution in [2.45, 2.75) is 51.6 Å². The second-order valence-electron chi connectivity index (χ2n) is 6.05. The van der Waals surface area contributed by atoms with Gasteiger partial charge in [0.05, 0.1) is 6.04 Å². The summed E-state index contributed by atoms with van der Waals surface area (Å²) in [6, 6.07) is 0.337. The van der Waals surface area contributed by atoms with Crippen LogP contribution in [-0.2, 0) is 4.79 Å². The molecular formula is C15H26N2O. The van der Waals surface area contributed by atoms with Crippen molar-refractivity contribution in [3.63, 3.8) is 0 Å². The number of nitrogens with one attached hydrogen (secondary N) is 2. The third-order valence-electron chi connectivity index (χ3n) is 4.76. The molecule has 0 aromatic heterocycles. The molecule has 2 aliphatic carbocycles. The quantitative estimate of drug-likeness (QED) is 0.709. The molecule has 2 rings (SSSR count). The fourth-order valence-electron chi connectivity index (χ4n) is 3.83. The average Bonchev–Trinajstić information content (AvgIpc) is 2.97. The molecule has 1 amide bonds. The molecule has 0 aromatic rings. The predicted molar refractivity (Wildman–Crippen MR) is 74.2 cm³/mol. The van der Waals surface area contributed by atoms with Crippen LogP contribution in [0.4, 0.5) is 0 Å². The van der Waals surface area contributed by atoms with Gasteiger partial charge < -0.3 is 10.6 Å². The van der Waals surface area contributed by atoms with Crippen LogP contribution in [0.25, 0.3) is 0 Å². The Hall–Kier alpha value is -0.830. The first kappa shape index (κ1) is 13.6. The predicted octanol–water partition coefficient (Wildman–Crippen LogP) is 2.09. The van der Waals surface area contributed by atoms with Gasteiger partial charge in [0.15, 0.2) is 0 Å². The van der Waals surface area contributed by atoms with Crippen LogP contribution in [0.1, 0.15) is 39.5 Å². The fourth-order valence-corrected chi connectivity index (χ4v) is 3.83. The minimum Gasteiger partial charge on any atom is -0.351 e. The third-order valence-corrected chi connectivity index (χ3v) is 4.76. The number of carbonyl (C=O) groups is 1. The van der Waals surface area contributed by atoms with Crippen molar-refractivity contribution in [3.05, 3.63) is 12.7 Å². The van der Waals surface area contributed by atoms with Gasteiger partial charge in [0.2, 0.25) is 5.91 Å². The lowest BCUT2D eigenvalue weighted by atomic mass is 9.84. The lowest BCUT2D eigenvalue weighted by molar-refractivity contribution is -0.122. The molecule has 2 N–H and O–H groups in total. The molecule has 0 saturated heterocycles. The van der Waals surface area contributed by atoms with E-state index in [1.165, 1.54) is 25.7 Å². The van der Waals surface area contributed by atoms with Gasteiger partial charge in [-0.1, -0.05) is 12.5 Å². The summed E-state index contributed by atoms with van der Waals surface area (Å²) in [5.74, 6) is 2.72. The van der Waals surface area contributed by atoms with Crippen LogP contribution < -0.4 is 10.6 Å². The number of hydrogen-bond acceptors (Lipinski definition) is 2. The lowest BCUT2D eigenvalue weighted by Gasteiger charge is -2.30. The molecule has 5 unspecified atom stereocenters. The molecular weight excluding hydrogens is 224 g/mol. The molecule has 0 radical (unpaired) electrons. The topological polar surface area (TPSA) is 41.1 Å². The van der Waals surface area contributed by atoms with Crippen molar-refractivity contribution in [2.24, 2.45) is 17.8 Å². The third kappa shape index (κ3) is 2.94. The maximum atomic E-state index is 11.8. The van der Waals surface area contributed by atoms with Crippen LogP contribution in [0, 0.1) is 17.8 Å². The summed E-state index contributed by atoms with van der Waals surface area (Å²) in [6.07, 6.45) is 7.33. The number of rotatable bonds is 6. The standard InChI is InChI=1S/C15H26N2O/c1-4-7-16-15(18)11(3)17-10(2)14-9-12-5-6-13(14)8-12/h4,10-14,17H,1,5-9H2,2-3H3,(H,16,18). The smallest absolute Gasteiger partial charge is 0.237 e. The van der Waals surface area contributed by atoms with Gasteiger partial charge in [-0.15, -0.1) is 6.58 Å². The van der Waals surface area contributed by atoms with Crippen molar-refractivity contribution in [2.75, 3.05) is 6.54 Å². The summed E-state index contributed by atoms with van der Waals surface area (Å²) in [5.41, 5.74) is 0. The van der Waals surface area contributed by atoms with E-state index in [9.17, 15) is 4.79 Å². The highest BCUT2D eigenvalue weighted by molar-refractivity contribution is 5.81. The van der Waals surface area contributed by atoms with E-state index in [1.54, 1.807) is 6.08 Å². The number of fused-ring (bicyclic) bond motifs is 2. The van der Waals surface area contributed by atoms with Crippen LogP contribution in [0.15, 0.2) is 12.7 Å². The second-order valence-corrected chi connectivity index (χ2v) is 6.05. The fraction of sp³-hybridized carbons (Fsp3) is 0.800. The highest BCUT2D eigenvalue weighted by Gasteiger charge is 2.42. The van der Waals surface area contributed by atoms with Crippen molar-refractivity contribution in [1.82, 2.24) is 10.6 Å². The molecule has 2 fully saturated rings. The van der Waals surface area contributed by atoms with Crippen molar-refractivity contribution >= 4 is 5.91 Å². The highest BCUT2D eigenvalue weighted by Crippen LogP contribution is 2.49. The maximum absolute atomic E-state index is 11.8. The van der Waals surface area contributed by atoms with Crippen LogP contribution in [0.5, 0.6) is 0 Å². The Labute approximate surface area is 110 Å². The molecule has 3 nitrogen and oxygen atoms in total. The van der Waals surface area contributed by atoms with Gasteiger partial charge in [-0.25, -0.2) is 0 Å². The molecule has 2 bridgehead atoms. The second kappa shape index (κ2) is 5.87. The minimum absolute atomic E-state index is 0.0740. The zero-order chi connectivity index (χ0) is 13.1. The van der Waals surface area contributed by atoms with E-state index in [1.807, 2.05) is 6.92 Å². The van der Waals surface area contributed by atoms with E-state index in [0.29, 0.717) is 12.6 Å². The first-order valence-electron chi connectivity index (χ1n) is 7.26. The maximum Gasteiger partial charge on any atom is 0.237 e. The number of amides is 1. The Morgan fingerprint density at radius 1 is 1.39 bits per heavy atom. The Bertz CT molecular complexity index is 316. The first-order valence-corrected chi connectivity index (χ1v) is 7.26. The Morgan fingerprint density at radius 2 is 2.17 bits per heavy atom. The first-order chi connectivity index (χ1) is 8.61. The molecule has 0 heterocycles. The summed E-state index contributed by atoms with van der Waals surface area (Å²) in [6.45, 7) is 8.34. The molecule has 0 aliphatic heterocycles. The Kier molecular flexibility index (Phi) is 4.44. The molecule has 0 spiro atoms. The molecule has 0 aromatic carbocycles. The summed E-state index contributed by atoms with van der Waals surface area (Å²) in [4.78, 5) is 11.8. The Balaban J connectivity index is 1.78. The van der Waals surface area contributed by atoms with Crippen LogP contribution in [0.2, 0.25) is 0 Å². The zero-order valence-corrected chi connectivity index (χ0v) is 11.6. The molecule has 102 valence electrons. The van der Waals surface area contributed by atoms with E-state index in [2.05, 4.69) is 24.1 Å². The summed E-state index contributed by atoms with van der Waals surface area (Å²) >= 11 is 0. The van der Waals surface area contributed by atoms with Crippen molar-refractivity contribution < 1.29 is 4.79 Å². The van der Waals surface area contributed by atoms with Gasteiger partial charge in [0.25, 0.3) is 0 Å². The van der Waals surface area contributed by atoms with Gasteiger partial charge in [0, 0.05) is 12.6 Å². The monoisotopic (exact) mass is 250 g/mol. The SMILES string of the molecule is C=CCNC(=O)C(C)NC(C)C1CC2CCC1C2. The van der Waals surface area contributed by atoms with Gasteiger partial charge >= 0.3 is 0 Å². The van der Waals surface area contributed by atoms with Gasteiger partial charge in [0.1, 0.15) is 0 Å². The molecule has 2 aliphatic rings. The van der Waals surface area contributed by atoms with E-state index in [0.717, 1.165) is 17.8 Å². The summed E-state index contributed by atoms with van der Waals surface area (Å²) in [5, 5.41) is 6.31. The minimum atomic E-state index is -0.112. The van der Waals surface area contributed by atoms with E-state index < -0.39 is 0 Å². The lowest BCUT2D eigenvalue weighted by Crippen LogP contribution is -2.48. The van der Waals surface area contributed by atoms with Crippen LogP contribution >= 0.6 is 0 Å². The van der Waals surface area contributed by atoms with Crippen molar-refractivity contribution in [1.29, 1.82) is 0 Å². The number of hydrogen-bond donors (Lipinski definition) is 2. The molecule has 5 atom stereocenters. The summed E-state index contributed by atoms with van der Waals surface area (Å²) < 4.78 is 0. The van der Waals surface area contributed by atoms with Crippen LogP contribution in [0.3, 0.4) is 0 Å². The Morgan fingerprint density at radius 3 is 2.72 bits per heavy atom. The number of carbonyl (C=O) groups excluding carboxylic acids is 1. The van der Waals surface area contributed by atoms with Crippen LogP contribution in [-0.4, -0.2) is 24.5 Å². The summed E-state index contributed by atoms with van der Waals surface area (Å²) in [7, 11) is 0. The molecule has 18 heavy (non-hydrogen) atoms. The van der Waals surface area contributed by atoms with E-state index >= 15 is 0 Å². The van der Waals surface area contributed by atoms with E-state index in [4.69, 9.17) is 0 Å². The molecule has 3 heteroatoms. The van der Waals surface area contributed by atoms with Gasteiger partial charge in [-0.2, -0.15) is 0 Å². The van der Waals surface area contributed by atoms with Gasteiger partial charge in [-0.3, -0.25) is 4.79 Å². The highest BCUT2D eigenvalue weighted by atomic mass is 16.2. The zero-order valence-electron chi connectivity index (χ0n) is 11.6. The largest absolute Gasteiger partial charge is 0.351 e. The molecule has 2 saturated carbocycles. The normalized spacial score (nSPS) is 33.1. The van der Waals surface area contributed by atoms with Crippen molar-refractivity contribution in [3.8, 4) is 0 Å².